The predicted molar refractivity (Wildman–Crippen MR) is 361 cm³/mol. The second-order valence-electron chi connectivity index (χ2n) is 24.6. The van der Waals surface area contributed by atoms with Crippen molar-refractivity contribution in [3.05, 3.63) is 54.2 Å². The molecule has 6 heterocycles. The predicted octanol–water partition coefficient (Wildman–Crippen LogP) is -4.38. The van der Waals surface area contributed by atoms with Crippen LogP contribution in [0.15, 0.2) is 43.0 Å². The normalized spacial score (nSPS) is 26.2. The van der Waals surface area contributed by atoms with E-state index in [1.807, 2.05) is 12.1 Å². The first-order valence-electron chi connectivity index (χ1n) is 31.8. The number of carbonyl (C=O) groups excluding carboxylic acids is 14. The number of nitrogens with one attached hydrogen (secondary N) is 14. The van der Waals surface area contributed by atoms with Crippen molar-refractivity contribution in [2.45, 2.75) is 158 Å². The highest BCUT2D eigenvalue weighted by atomic mass is 33.1. The Labute approximate surface area is 574 Å². The number of nitrogens with zero attached hydrogens (tertiary/aromatic N) is 2. The van der Waals surface area contributed by atoms with Crippen LogP contribution in [0.5, 0.6) is 0 Å². The molecule has 12 atom stereocenters. The van der Waals surface area contributed by atoms with E-state index in [1.54, 1.807) is 46.0 Å². The molecule has 0 aliphatic carbocycles. The highest BCUT2D eigenvalue weighted by Crippen LogP contribution is 2.28. The van der Waals surface area contributed by atoms with E-state index in [1.165, 1.54) is 12.5 Å². The number of nitrogens with two attached hydrogens (primary N) is 2. The Hall–Kier alpha value is -8.13. The number of carbonyl (C=O) groups is 14. The second-order valence-corrected chi connectivity index (χ2v) is 29.7. The molecular formula is C60H86N18O15S4. The molecule has 1 aromatic carbocycles. The summed E-state index contributed by atoms with van der Waals surface area (Å²) in [6, 6.07) is -8.24. The summed E-state index contributed by atoms with van der Waals surface area (Å²) in [5.74, 6) is -13.9. The average Bonchev–Trinajstić information content (AvgIpc) is 1.48. The minimum atomic E-state index is -1.59. The molecule has 37 heteroatoms. The number of aromatic nitrogens is 3. The summed E-state index contributed by atoms with van der Waals surface area (Å²) >= 11 is 0. The molecular weight excluding hydrogens is 1340 g/mol. The third kappa shape index (κ3) is 22.7. The summed E-state index contributed by atoms with van der Waals surface area (Å²) in [6.45, 7) is 5.24. The number of unbranched alkanes of at least 4 members (excludes halogenated alkanes) is 1. The lowest BCUT2D eigenvalue weighted by Crippen LogP contribution is -2.61. The maximum atomic E-state index is 15.0. The van der Waals surface area contributed by atoms with Gasteiger partial charge in [-0.3, -0.25) is 67.1 Å². The maximum absolute atomic E-state index is 15.0. The monoisotopic (exact) mass is 1430 g/mol. The highest BCUT2D eigenvalue weighted by Gasteiger charge is 2.44. The molecule has 19 N–H and O–H groups in total. The molecule has 97 heavy (non-hydrogen) atoms. The molecule has 4 fully saturated rings. The second kappa shape index (κ2) is 37.0. The van der Waals surface area contributed by atoms with Crippen molar-refractivity contribution in [2.24, 2.45) is 23.3 Å². The number of hydrogen-bond acceptors (Lipinski definition) is 21. The first-order valence-corrected chi connectivity index (χ1v) is 36.8. The third-order valence-corrected chi connectivity index (χ3v) is 21.1. The molecule has 530 valence electrons. The van der Waals surface area contributed by atoms with Gasteiger partial charge in [-0.2, -0.15) is 0 Å². The number of aliphatic hydroxyl groups is 1. The van der Waals surface area contributed by atoms with Gasteiger partial charge in [-0.25, -0.2) is 4.98 Å². The number of amides is 14. The molecule has 4 saturated heterocycles. The molecule has 3 aromatic rings. The summed E-state index contributed by atoms with van der Waals surface area (Å²) in [5.41, 5.74) is 13.3. The zero-order valence-corrected chi connectivity index (χ0v) is 57.3. The van der Waals surface area contributed by atoms with Crippen molar-refractivity contribution in [3.63, 3.8) is 0 Å². The van der Waals surface area contributed by atoms with Crippen molar-refractivity contribution in [1.29, 1.82) is 0 Å². The van der Waals surface area contributed by atoms with Crippen molar-refractivity contribution in [1.82, 2.24) is 83.7 Å². The quantitative estimate of drug-likeness (QED) is 0.0422. The topological polar surface area (TPSA) is 503 Å². The summed E-state index contributed by atoms with van der Waals surface area (Å²) < 4.78 is 0. The fourth-order valence-electron chi connectivity index (χ4n) is 11.0. The third-order valence-electron chi connectivity index (χ3n) is 16.2. The van der Waals surface area contributed by atoms with E-state index in [-0.39, 0.29) is 86.3 Å². The number of para-hydroxylation sites is 1. The number of hydrogen-bond donors (Lipinski definition) is 17. The van der Waals surface area contributed by atoms with Gasteiger partial charge in [-0.15, -0.1) is 0 Å². The van der Waals surface area contributed by atoms with Crippen LogP contribution in [0, 0.1) is 11.8 Å². The van der Waals surface area contributed by atoms with Crippen LogP contribution in [-0.4, -0.2) is 229 Å². The first kappa shape index (κ1) is 76.2. The Kier molecular flexibility index (Phi) is 29.1. The molecule has 4 aliphatic heterocycles. The largest absolute Gasteiger partial charge is 0.391 e. The van der Waals surface area contributed by atoms with Crippen LogP contribution in [0.2, 0.25) is 0 Å². The van der Waals surface area contributed by atoms with Gasteiger partial charge in [0.15, 0.2) is 0 Å². The van der Waals surface area contributed by atoms with Crippen LogP contribution in [0.25, 0.3) is 10.9 Å². The van der Waals surface area contributed by atoms with Crippen molar-refractivity contribution in [2.75, 3.05) is 49.2 Å². The molecule has 0 unspecified atom stereocenters. The standard InChI is InChI=1S/C60H86N18O15S4/c1-29(2)15-38-54(87)75-43-26-97-95-25-42(52(85)66-21-47(81)69-39(16-31-19-64-35-10-6-5-9-34(31)35)55(88)70-36(53(86)71-38)11-7-8-14-61)74-57(90)44(76-59(92)49(30(3)4)77-48(82)22-65-51(84)37-12-13-46(80)68-37)27-96-94-24-41(50(62)83)73-58(91)45-18-33(79)23-78(45)60(93)40(72-56(43)89)17-32-20-63-28-67-32/h5-6,9-10,19-20,28-30,33,36-45,49,64,79H,7-8,11-18,21-27,61H2,1-4H3,(H2,62,83)(H,63,67)(H,65,84)(H,66,85)(H,68,80)(H,69,81)(H,70,88)(H,71,86)(H,72,89)(H,73,91)(H,74,90)(H,75,87)(H,76,92)(H,77,82)/t33-,36+,37+,38+,39+,40+,41+,42+,43+,44+,45+,49+/m1/s1. The minimum absolute atomic E-state index is 0.000376. The Balaban J connectivity index is 1.27. The van der Waals surface area contributed by atoms with Gasteiger partial charge in [0.2, 0.25) is 82.7 Å². The Morgan fingerprint density at radius 1 is 0.701 bits per heavy atom. The van der Waals surface area contributed by atoms with Gasteiger partial charge in [-0.1, -0.05) is 89.1 Å². The lowest BCUT2D eigenvalue weighted by molar-refractivity contribution is -0.142. The molecule has 4 aliphatic rings. The van der Waals surface area contributed by atoms with Crippen molar-refractivity contribution >= 4 is 137 Å². The molecule has 2 bridgehead atoms. The summed E-state index contributed by atoms with van der Waals surface area (Å²) in [6.07, 6.45) is 3.56. The number of rotatable bonds is 18. The summed E-state index contributed by atoms with van der Waals surface area (Å²) in [5, 5.41) is 43.3. The van der Waals surface area contributed by atoms with Crippen LogP contribution in [0.3, 0.4) is 0 Å². The van der Waals surface area contributed by atoms with Crippen LogP contribution in [-0.2, 0) is 80.0 Å². The lowest BCUT2D eigenvalue weighted by Gasteiger charge is -2.31. The number of aliphatic hydroxyl groups excluding tert-OH is 1. The number of primary amides is 1. The van der Waals surface area contributed by atoms with Gasteiger partial charge in [0, 0.05) is 84.2 Å². The lowest BCUT2D eigenvalue weighted by atomic mass is 10.0. The Morgan fingerprint density at radius 2 is 1.37 bits per heavy atom. The molecule has 14 amide bonds. The summed E-state index contributed by atoms with van der Waals surface area (Å²) in [4.78, 5) is 208. The molecule has 2 aromatic heterocycles. The van der Waals surface area contributed by atoms with Gasteiger partial charge < -0.3 is 95.2 Å². The van der Waals surface area contributed by atoms with Gasteiger partial charge in [0.25, 0.3) is 0 Å². The molecule has 0 saturated carbocycles. The fraction of sp³-hybridized carbons (Fsp3) is 0.583. The number of aromatic amines is 2. The van der Waals surface area contributed by atoms with Crippen LogP contribution >= 0.6 is 43.2 Å². The van der Waals surface area contributed by atoms with Gasteiger partial charge in [-0.05, 0) is 62.1 Å². The Morgan fingerprint density at radius 3 is 2.05 bits per heavy atom. The van der Waals surface area contributed by atoms with Crippen molar-refractivity contribution < 1.29 is 72.2 Å². The minimum Gasteiger partial charge on any atom is -0.391 e. The highest BCUT2D eigenvalue weighted by molar-refractivity contribution is 8.77. The van der Waals surface area contributed by atoms with E-state index in [9.17, 15) is 67.4 Å². The van der Waals surface area contributed by atoms with Gasteiger partial charge >= 0.3 is 0 Å². The van der Waals surface area contributed by atoms with E-state index in [0.717, 1.165) is 59.0 Å². The molecule has 33 nitrogen and oxygen atoms in total. The van der Waals surface area contributed by atoms with E-state index in [0.29, 0.717) is 24.1 Å². The fourth-order valence-corrected chi connectivity index (χ4v) is 15.7. The van der Waals surface area contributed by atoms with E-state index < -0.39 is 175 Å². The van der Waals surface area contributed by atoms with Gasteiger partial charge in [0.05, 0.1) is 25.5 Å². The van der Waals surface area contributed by atoms with E-state index in [2.05, 4.69) is 78.8 Å². The zero-order chi connectivity index (χ0) is 70.5. The van der Waals surface area contributed by atoms with Crippen LogP contribution in [0.1, 0.15) is 83.9 Å². The zero-order valence-electron chi connectivity index (χ0n) is 54.0. The van der Waals surface area contributed by atoms with Gasteiger partial charge in [0.1, 0.15) is 66.5 Å². The molecule has 7 rings (SSSR count). The molecule has 0 radical (unpaired) electrons. The Bertz CT molecular complexity index is 3340. The van der Waals surface area contributed by atoms with E-state index >= 15 is 4.79 Å². The number of fused-ring (bicyclic) bond motifs is 7. The first-order chi connectivity index (χ1) is 46.3. The van der Waals surface area contributed by atoms with Crippen LogP contribution in [0.4, 0.5) is 0 Å². The number of imidazole rings is 1. The SMILES string of the molecule is CC(C)C[C@@H]1NC(=O)[C@H](CCCCN)NC(=O)[C@H](Cc2c[nH]c3ccccc23)NC(=O)CNC(=O)[C@@H]2CSSC[C@H](NC1=O)C(=O)N[C@@H](Cc1cnc[nH]1)C(=O)N1C[C@H](O)C[C@H]1C(=O)N[C@H](C(N)=O)CSSC[C@H](NC(=O)[C@@H](NC(=O)CNC(=O)[C@@H]1CCC(=O)N1)C(C)C)C(=O)N2. The molecule has 0 spiro atoms. The van der Waals surface area contributed by atoms with E-state index in [4.69, 9.17) is 11.5 Å². The number of H-pyrrole nitrogens is 2. The average molecular weight is 1430 g/mol. The summed E-state index contributed by atoms with van der Waals surface area (Å²) in [7, 11) is 3.71. The smallest absolute Gasteiger partial charge is 0.246 e. The van der Waals surface area contributed by atoms with Crippen molar-refractivity contribution in [3.8, 4) is 0 Å². The number of benzene rings is 1. The maximum Gasteiger partial charge on any atom is 0.246 e. The van der Waals surface area contributed by atoms with Crippen LogP contribution < -0.4 is 75.3 Å².